The minimum absolute atomic E-state index is 0.256. The first-order valence-corrected chi connectivity index (χ1v) is 6.43. The lowest BCUT2D eigenvalue weighted by Crippen LogP contribution is -2.38. The molecule has 2 rings (SSSR count). The minimum Gasteiger partial charge on any atom is -0.397 e. The molecule has 1 heterocycles. The van der Waals surface area contributed by atoms with Gasteiger partial charge in [-0.1, -0.05) is 12.1 Å². The molecule has 4 heteroatoms. The van der Waals surface area contributed by atoms with Crippen LogP contribution in [-0.4, -0.2) is 49.3 Å². The molecule has 1 saturated heterocycles. The maximum Gasteiger partial charge on any atom is 0.0735 e. The average molecular weight is 249 g/mol. The van der Waals surface area contributed by atoms with E-state index in [0.717, 1.165) is 24.3 Å². The van der Waals surface area contributed by atoms with Gasteiger partial charge in [-0.15, -0.1) is 0 Å². The van der Waals surface area contributed by atoms with Crippen LogP contribution < -0.4 is 10.6 Å². The van der Waals surface area contributed by atoms with Crippen molar-refractivity contribution in [3.8, 4) is 0 Å². The third-order valence-electron chi connectivity index (χ3n) is 3.52. The van der Waals surface area contributed by atoms with Crippen LogP contribution in [0.25, 0.3) is 0 Å². The van der Waals surface area contributed by atoms with Crippen LogP contribution in [0.15, 0.2) is 18.2 Å². The molecule has 0 spiro atoms. The normalized spacial score (nSPS) is 23.9. The fourth-order valence-electron chi connectivity index (χ4n) is 2.83. The van der Waals surface area contributed by atoms with E-state index in [0.29, 0.717) is 12.6 Å². The lowest BCUT2D eigenvalue weighted by molar-refractivity contribution is 0.191. The summed E-state index contributed by atoms with van der Waals surface area (Å²) in [6, 6.07) is 6.31. The Bertz CT molecular complexity index is 399. The van der Waals surface area contributed by atoms with Gasteiger partial charge >= 0.3 is 0 Å². The molecule has 18 heavy (non-hydrogen) atoms. The molecule has 0 saturated carbocycles. The Morgan fingerprint density at radius 3 is 2.78 bits per heavy atom. The van der Waals surface area contributed by atoms with E-state index < -0.39 is 0 Å². The number of nitrogen functional groups attached to an aromatic ring is 1. The number of likely N-dealkylation sites (N-methyl/N-ethyl adjacent to an activating group) is 1. The maximum absolute atomic E-state index is 9.92. The van der Waals surface area contributed by atoms with Gasteiger partial charge in [0.2, 0.25) is 0 Å². The highest BCUT2D eigenvalue weighted by molar-refractivity contribution is 5.72. The van der Waals surface area contributed by atoms with Crippen molar-refractivity contribution < 1.29 is 5.11 Å². The maximum atomic E-state index is 9.92. The Hall–Kier alpha value is -1.26. The van der Waals surface area contributed by atoms with E-state index in [1.165, 1.54) is 5.56 Å². The largest absolute Gasteiger partial charge is 0.397 e. The quantitative estimate of drug-likeness (QED) is 0.787. The molecule has 100 valence electrons. The van der Waals surface area contributed by atoms with Crippen LogP contribution in [-0.2, 0) is 0 Å². The summed E-state index contributed by atoms with van der Waals surface area (Å²) in [5, 5.41) is 9.92. The van der Waals surface area contributed by atoms with E-state index in [-0.39, 0.29) is 6.10 Å². The van der Waals surface area contributed by atoms with Crippen LogP contribution >= 0.6 is 0 Å². The monoisotopic (exact) mass is 249 g/mol. The van der Waals surface area contributed by atoms with Crippen LogP contribution in [0.2, 0.25) is 0 Å². The highest BCUT2D eigenvalue weighted by Crippen LogP contribution is 2.33. The van der Waals surface area contributed by atoms with Crippen LogP contribution in [0, 0.1) is 6.92 Å². The van der Waals surface area contributed by atoms with Crippen molar-refractivity contribution >= 4 is 11.4 Å². The molecule has 2 atom stereocenters. The van der Waals surface area contributed by atoms with Crippen molar-refractivity contribution in [2.45, 2.75) is 25.5 Å². The SMILES string of the molecule is Cc1cccc(N)c1N1CC(O)CC1CN(C)C. The third-order valence-corrected chi connectivity index (χ3v) is 3.52. The highest BCUT2D eigenvalue weighted by Gasteiger charge is 2.32. The van der Waals surface area contributed by atoms with Crippen molar-refractivity contribution in [1.29, 1.82) is 0 Å². The zero-order valence-corrected chi connectivity index (χ0v) is 11.4. The number of para-hydroxylation sites is 1. The van der Waals surface area contributed by atoms with Crippen LogP contribution in [0.4, 0.5) is 11.4 Å². The van der Waals surface area contributed by atoms with Gasteiger partial charge in [-0.05, 0) is 39.1 Å². The van der Waals surface area contributed by atoms with Crippen molar-refractivity contribution in [1.82, 2.24) is 4.90 Å². The van der Waals surface area contributed by atoms with Gasteiger partial charge in [0, 0.05) is 19.1 Å². The fourth-order valence-corrected chi connectivity index (χ4v) is 2.83. The Morgan fingerprint density at radius 1 is 1.44 bits per heavy atom. The molecule has 2 unspecified atom stereocenters. The molecule has 1 aliphatic heterocycles. The molecule has 0 aromatic heterocycles. The van der Waals surface area contributed by atoms with Crippen molar-refractivity contribution in [2.24, 2.45) is 0 Å². The van der Waals surface area contributed by atoms with Gasteiger partial charge < -0.3 is 20.6 Å². The van der Waals surface area contributed by atoms with Crippen LogP contribution in [0.1, 0.15) is 12.0 Å². The third kappa shape index (κ3) is 2.60. The molecule has 1 aromatic carbocycles. The second-order valence-electron chi connectivity index (χ2n) is 5.47. The summed E-state index contributed by atoms with van der Waals surface area (Å²) in [5.74, 6) is 0. The molecule has 0 radical (unpaired) electrons. The zero-order chi connectivity index (χ0) is 13.3. The first-order chi connectivity index (χ1) is 8.49. The number of benzene rings is 1. The second-order valence-corrected chi connectivity index (χ2v) is 5.47. The number of nitrogens with two attached hydrogens (primary N) is 1. The molecule has 3 N–H and O–H groups in total. The second kappa shape index (κ2) is 5.16. The number of anilines is 2. The van der Waals surface area contributed by atoms with Crippen molar-refractivity contribution in [3.05, 3.63) is 23.8 Å². The number of hydrogen-bond donors (Lipinski definition) is 2. The van der Waals surface area contributed by atoms with E-state index in [1.807, 2.05) is 12.1 Å². The highest BCUT2D eigenvalue weighted by atomic mass is 16.3. The average Bonchev–Trinajstić information content (AvgIpc) is 2.58. The number of aliphatic hydroxyl groups is 1. The summed E-state index contributed by atoms with van der Waals surface area (Å²) >= 11 is 0. The van der Waals surface area contributed by atoms with E-state index in [4.69, 9.17) is 5.73 Å². The molecule has 1 aliphatic rings. The van der Waals surface area contributed by atoms with Gasteiger partial charge in [-0.25, -0.2) is 0 Å². The molecule has 0 amide bonds. The predicted octanol–water partition coefficient (Wildman–Crippen LogP) is 1.08. The molecule has 4 nitrogen and oxygen atoms in total. The Balaban J connectivity index is 2.30. The topological polar surface area (TPSA) is 52.7 Å². The van der Waals surface area contributed by atoms with Crippen molar-refractivity contribution in [3.63, 3.8) is 0 Å². The van der Waals surface area contributed by atoms with Crippen LogP contribution in [0.3, 0.4) is 0 Å². The number of hydrogen-bond acceptors (Lipinski definition) is 4. The predicted molar refractivity (Wildman–Crippen MR) is 75.9 cm³/mol. The lowest BCUT2D eigenvalue weighted by atomic mass is 10.1. The van der Waals surface area contributed by atoms with E-state index in [1.54, 1.807) is 0 Å². The first-order valence-electron chi connectivity index (χ1n) is 6.43. The molecule has 0 aliphatic carbocycles. The summed E-state index contributed by atoms with van der Waals surface area (Å²) in [5.41, 5.74) is 9.16. The van der Waals surface area contributed by atoms with Crippen LogP contribution in [0.5, 0.6) is 0 Å². The van der Waals surface area contributed by atoms with Gasteiger partial charge in [0.25, 0.3) is 0 Å². The Morgan fingerprint density at radius 2 is 2.17 bits per heavy atom. The van der Waals surface area contributed by atoms with E-state index >= 15 is 0 Å². The number of aryl methyl sites for hydroxylation is 1. The van der Waals surface area contributed by atoms with Gasteiger partial charge in [0.15, 0.2) is 0 Å². The summed E-state index contributed by atoms with van der Waals surface area (Å²) in [7, 11) is 4.12. The standard InChI is InChI=1S/C14H23N3O/c1-10-5-4-6-13(15)14(10)17-9-12(18)7-11(17)8-16(2)3/h4-6,11-12,18H,7-9,15H2,1-3H3. The molecule has 1 aromatic rings. The van der Waals surface area contributed by atoms with E-state index in [9.17, 15) is 5.11 Å². The summed E-state index contributed by atoms with van der Waals surface area (Å²) < 4.78 is 0. The molecular formula is C14H23N3O. The first kappa shape index (κ1) is 13.2. The summed E-state index contributed by atoms with van der Waals surface area (Å²) in [6.45, 7) is 3.68. The molecule has 1 fully saturated rings. The molecule has 0 bridgehead atoms. The van der Waals surface area contributed by atoms with Crippen molar-refractivity contribution in [2.75, 3.05) is 37.8 Å². The number of aliphatic hydroxyl groups excluding tert-OH is 1. The Labute approximate surface area is 109 Å². The number of rotatable bonds is 3. The summed E-state index contributed by atoms with van der Waals surface area (Å²) in [4.78, 5) is 4.42. The fraction of sp³-hybridized carbons (Fsp3) is 0.571. The van der Waals surface area contributed by atoms with Gasteiger partial charge in [0.1, 0.15) is 0 Å². The van der Waals surface area contributed by atoms with Gasteiger partial charge in [-0.2, -0.15) is 0 Å². The molecular weight excluding hydrogens is 226 g/mol. The number of nitrogens with zero attached hydrogens (tertiary/aromatic N) is 2. The minimum atomic E-state index is -0.256. The van der Waals surface area contributed by atoms with E-state index in [2.05, 4.69) is 36.9 Å². The lowest BCUT2D eigenvalue weighted by Gasteiger charge is -2.31. The van der Waals surface area contributed by atoms with Gasteiger partial charge in [0.05, 0.1) is 17.5 Å². The zero-order valence-electron chi connectivity index (χ0n) is 11.4. The smallest absolute Gasteiger partial charge is 0.0735 e. The van der Waals surface area contributed by atoms with Gasteiger partial charge in [-0.3, -0.25) is 0 Å². The number of β-amino-alcohol motifs (C(OH)–C–C–N with tert-alkyl or cyclic N) is 1. The summed E-state index contributed by atoms with van der Waals surface area (Å²) in [6.07, 6.45) is 0.556. The Kier molecular flexibility index (Phi) is 3.78.